The van der Waals surface area contributed by atoms with Crippen LogP contribution in [-0.2, 0) is 10.0 Å². The average molecular weight is 300 g/mol. The Bertz CT molecular complexity index is 785. The second-order valence-corrected chi connectivity index (χ2v) is 7.24. The summed E-state index contributed by atoms with van der Waals surface area (Å²) < 4.78 is 28.1. The minimum Gasteiger partial charge on any atom is -0.245 e. The van der Waals surface area contributed by atoms with Gasteiger partial charge in [-0.2, -0.15) is 4.98 Å². The molecular weight excluding hydrogens is 292 g/mol. The van der Waals surface area contributed by atoms with Gasteiger partial charge in [0.15, 0.2) is 0 Å². The normalized spacial score (nSPS) is 12.1. The molecule has 6 nitrogen and oxygen atoms in total. The Morgan fingerprint density at radius 3 is 2.89 bits per heavy atom. The molecule has 3 aromatic heterocycles. The van der Waals surface area contributed by atoms with Crippen molar-refractivity contribution in [2.45, 2.75) is 11.1 Å². The summed E-state index contributed by atoms with van der Waals surface area (Å²) in [5.41, 5.74) is 0.920. The number of fused-ring (bicyclic) bond motifs is 1. The molecule has 0 unspecified atom stereocenters. The van der Waals surface area contributed by atoms with Crippen molar-refractivity contribution >= 4 is 43.6 Å². The van der Waals surface area contributed by atoms with Gasteiger partial charge in [0.25, 0.3) is 16.0 Å². The zero-order chi connectivity index (χ0) is 12.8. The van der Waals surface area contributed by atoms with Crippen LogP contribution in [0.1, 0.15) is 5.69 Å². The van der Waals surface area contributed by atoms with Crippen molar-refractivity contribution in [3.05, 3.63) is 28.6 Å². The smallest absolute Gasteiger partial charge is 0.245 e. The summed E-state index contributed by atoms with van der Waals surface area (Å²) in [6.45, 7) is 1.88. The van der Waals surface area contributed by atoms with E-state index in [1.165, 1.54) is 17.4 Å². The minimum atomic E-state index is -3.57. The second-order valence-electron chi connectivity index (χ2n) is 3.54. The van der Waals surface area contributed by atoms with Crippen molar-refractivity contribution in [2.24, 2.45) is 0 Å². The first kappa shape index (κ1) is 11.6. The Labute approximate surface area is 111 Å². The topological polar surface area (TPSA) is 76.4 Å². The number of aryl methyl sites for hydroxylation is 1. The van der Waals surface area contributed by atoms with Crippen molar-refractivity contribution in [3.63, 3.8) is 0 Å². The van der Waals surface area contributed by atoms with Crippen LogP contribution >= 0.6 is 22.7 Å². The van der Waals surface area contributed by atoms with Gasteiger partial charge in [0.05, 0.1) is 5.69 Å². The molecule has 18 heavy (non-hydrogen) atoms. The van der Waals surface area contributed by atoms with Crippen LogP contribution in [0.4, 0.5) is 5.95 Å². The maximum absolute atomic E-state index is 12.0. The van der Waals surface area contributed by atoms with E-state index < -0.39 is 10.0 Å². The van der Waals surface area contributed by atoms with Crippen LogP contribution in [0.5, 0.6) is 0 Å². The van der Waals surface area contributed by atoms with Gasteiger partial charge in [-0.3, -0.25) is 0 Å². The Hall–Kier alpha value is -1.45. The molecule has 0 aromatic carbocycles. The summed E-state index contributed by atoms with van der Waals surface area (Å²) in [5, 5.41) is 7.71. The lowest BCUT2D eigenvalue weighted by molar-refractivity contribution is 0.602. The molecule has 0 amide bonds. The SMILES string of the molecule is Cc1csc2nc(NS(=O)(=O)c3cccs3)nn12. The number of nitrogens with zero attached hydrogens (tertiary/aromatic N) is 3. The maximum atomic E-state index is 12.0. The highest BCUT2D eigenvalue weighted by molar-refractivity contribution is 7.94. The fourth-order valence-electron chi connectivity index (χ4n) is 1.42. The van der Waals surface area contributed by atoms with Gasteiger partial charge in [0.1, 0.15) is 4.21 Å². The number of thiazole rings is 1. The first-order valence-corrected chi connectivity index (χ1v) is 8.18. The first-order chi connectivity index (χ1) is 8.56. The van der Waals surface area contributed by atoms with Gasteiger partial charge in [-0.25, -0.2) is 17.7 Å². The van der Waals surface area contributed by atoms with E-state index in [4.69, 9.17) is 0 Å². The monoisotopic (exact) mass is 300 g/mol. The molecule has 94 valence electrons. The third-order valence-corrected chi connectivity index (χ3v) is 5.89. The molecule has 0 saturated carbocycles. The van der Waals surface area contributed by atoms with Crippen LogP contribution in [0.3, 0.4) is 0 Å². The van der Waals surface area contributed by atoms with Gasteiger partial charge in [0, 0.05) is 5.38 Å². The van der Waals surface area contributed by atoms with Crippen molar-refractivity contribution in [1.29, 1.82) is 0 Å². The molecule has 0 aliphatic carbocycles. The lowest BCUT2D eigenvalue weighted by Crippen LogP contribution is -2.12. The summed E-state index contributed by atoms with van der Waals surface area (Å²) in [6.07, 6.45) is 0. The van der Waals surface area contributed by atoms with Gasteiger partial charge in [-0.15, -0.1) is 27.8 Å². The second kappa shape index (κ2) is 4.04. The van der Waals surface area contributed by atoms with Gasteiger partial charge in [0.2, 0.25) is 4.96 Å². The quantitative estimate of drug-likeness (QED) is 0.802. The molecule has 0 aliphatic heterocycles. The molecule has 9 heteroatoms. The lowest BCUT2D eigenvalue weighted by Gasteiger charge is -2.00. The molecule has 0 fully saturated rings. The molecule has 0 radical (unpaired) electrons. The molecule has 0 bridgehead atoms. The fourth-order valence-corrected chi connectivity index (χ4v) is 4.15. The Morgan fingerprint density at radius 2 is 2.22 bits per heavy atom. The van der Waals surface area contributed by atoms with E-state index in [1.807, 2.05) is 12.3 Å². The van der Waals surface area contributed by atoms with Gasteiger partial charge in [-0.1, -0.05) is 6.07 Å². The number of hydrogen-bond donors (Lipinski definition) is 1. The number of rotatable bonds is 3. The highest BCUT2D eigenvalue weighted by atomic mass is 32.2. The van der Waals surface area contributed by atoms with Crippen LogP contribution in [0.25, 0.3) is 4.96 Å². The number of anilines is 1. The summed E-state index contributed by atoms with van der Waals surface area (Å²) in [7, 11) is -3.57. The van der Waals surface area contributed by atoms with Crippen LogP contribution < -0.4 is 4.72 Å². The van der Waals surface area contributed by atoms with E-state index in [-0.39, 0.29) is 10.2 Å². The predicted molar refractivity (Wildman–Crippen MR) is 70.7 cm³/mol. The standard InChI is InChI=1S/C9H8N4O2S3/c1-6-5-17-9-10-8(11-13(6)9)12-18(14,15)7-3-2-4-16-7/h2-5H,1H3,(H,11,12). The Kier molecular flexibility index (Phi) is 2.61. The molecule has 0 aliphatic rings. The molecule has 0 saturated heterocycles. The molecule has 3 rings (SSSR count). The van der Waals surface area contributed by atoms with E-state index in [0.717, 1.165) is 17.0 Å². The van der Waals surface area contributed by atoms with Gasteiger partial charge in [-0.05, 0) is 18.4 Å². The van der Waals surface area contributed by atoms with Crippen molar-refractivity contribution in [3.8, 4) is 0 Å². The highest BCUT2D eigenvalue weighted by Crippen LogP contribution is 2.20. The first-order valence-electron chi connectivity index (χ1n) is 4.93. The van der Waals surface area contributed by atoms with Gasteiger partial charge >= 0.3 is 0 Å². The maximum Gasteiger partial charge on any atom is 0.273 e. The zero-order valence-corrected chi connectivity index (χ0v) is 11.6. The average Bonchev–Trinajstić information content (AvgIpc) is 2.97. The third kappa shape index (κ3) is 1.89. The van der Waals surface area contributed by atoms with Crippen molar-refractivity contribution in [1.82, 2.24) is 14.6 Å². The van der Waals surface area contributed by atoms with Crippen LogP contribution in [0.2, 0.25) is 0 Å². The number of nitrogens with one attached hydrogen (secondary N) is 1. The Balaban J connectivity index is 1.97. The van der Waals surface area contributed by atoms with E-state index >= 15 is 0 Å². The number of sulfonamides is 1. The Morgan fingerprint density at radius 1 is 1.39 bits per heavy atom. The van der Waals surface area contributed by atoms with Crippen molar-refractivity contribution < 1.29 is 8.42 Å². The number of thiophene rings is 1. The summed E-state index contributed by atoms with van der Waals surface area (Å²) in [5.74, 6) is 0.0957. The predicted octanol–water partition coefficient (Wildman–Crippen LogP) is 1.96. The lowest BCUT2D eigenvalue weighted by atomic mass is 10.6. The van der Waals surface area contributed by atoms with E-state index in [0.29, 0.717) is 4.96 Å². The fraction of sp³-hybridized carbons (Fsp3) is 0.111. The van der Waals surface area contributed by atoms with Gasteiger partial charge < -0.3 is 0 Å². The molecule has 1 N–H and O–H groups in total. The summed E-state index contributed by atoms with van der Waals surface area (Å²) in [4.78, 5) is 4.78. The highest BCUT2D eigenvalue weighted by Gasteiger charge is 2.18. The molecule has 3 heterocycles. The molecular formula is C9H8N4O2S3. The van der Waals surface area contributed by atoms with E-state index in [1.54, 1.807) is 16.0 Å². The van der Waals surface area contributed by atoms with E-state index in [2.05, 4.69) is 14.8 Å². The van der Waals surface area contributed by atoms with E-state index in [9.17, 15) is 8.42 Å². The number of aromatic nitrogens is 3. The molecule has 0 spiro atoms. The van der Waals surface area contributed by atoms with Crippen LogP contribution in [0, 0.1) is 6.92 Å². The molecule has 3 aromatic rings. The summed E-state index contributed by atoms with van der Waals surface area (Å²) in [6, 6.07) is 3.22. The van der Waals surface area contributed by atoms with Crippen LogP contribution in [0.15, 0.2) is 27.1 Å². The third-order valence-electron chi connectivity index (χ3n) is 2.23. The number of hydrogen-bond acceptors (Lipinski definition) is 6. The van der Waals surface area contributed by atoms with Crippen molar-refractivity contribution in [2.75, 3.05) is 4.72 Å². The minimum absolute atomic E-state index is 0.0957. The summed E-state index contributed by atoms with van der Waals surface area (Å²) >= 11 is 2.57. The zero-order valence-electron chi connectivity index (χ0n) is 9.19. The molecule has 0 atom stereocenters. The largest absolute Gasteiger partial charge is 0.273 e. The van der Waals surface area contributed by atoms with Crippen LogP contribution in [-0.4, -0.2) is 23.0 Å².